The lowest BCUT2D eigenvalue weighted by molar-refractivity contribution is -0.714. The molecule has 0 spiro atoms. The molecular weight excluding hydrogens is 272 g/mol. The van der Waals surface area contributed by atoms with Crippen LogP contribution in [0.3, 0.4) is 0 Å². The van der Waals surface area contributed by atoms with Gasteiger partial charge in [0.15, 0.2) is 0 Å². The highest BCUT2D eigenvalue weighted by Gasteiger charge is 2.33. The number of nitrogens with one attached hydrogen (secondary N) is 1. The monoisotopic (exact) mass is 299 g/mol. The third kappa shape index (κ3) is 2.82. The number of aromatic amines is 1. The second-order valence-electron chi connectivity index (χ2n) is 7.02. The van der Waals surface area contributed by atoms with Gasteiger partial charge in [-0.2, -0.15) is 0 Å². The Morgan fingerprint density at radius 1 is 1.27 bits per heavy atom. The molecule has 0 aliphatic heterocycles. The Morgan fingerprint density at radius 3 is 2.86 bits per heavy atom. The molecule has 1 fully saturated rings. The Hall–Kier alpha value is -1.61. The van der Waals surface area contributed by atoms with Crippen molar-refractivity contribution in [2.24, 2.45) is 11.8 Å². The molecule has 0 unspecified atom stereocenters. The molecule has 0 saturated heterocycles. The predicted molar refractivity (Wildman–Crippen MR) is 90.0 cm³/mol. The average molecular weight is 299 g/mol. The highest BCUT2D eigenvalue weighted by Crippen LogP contribution is 2.27. The van der Waals surface area contributed by atoms with Gasteiger partial charge in [-0.05, 0) is 38.2 Å². The first-order valence-electron chi connectivity index (χ1n) is 8.53. The molecular formula is C19H27N2O+. The molecule has 0 radical (unpaired) electrons. The molecule has 4 atom stereocenters. The van der Waals surface area contributed by atoms with Gasteiger partial charge in [-0.3, -0.25) is 4.79 Å². The van der Waals surface area contributed by atoms with Crippen LogP contribution in [0.1, 0.15) is 50.4 Å². The summed E-state index contributed by atoms with van der Waals surface area (Å²) < 4.78 is 0. The maximum Gasteiger partial charge on any atom is 0.221 e. The van der Waals surface area contributed by atoms with Gasteiger partial charge >= 0.3 is 0 Å². The molecule has 2 aromatic rings. The molecule has 1 aromatic carbocycles. The van der Waals surface area contributed by atoms with Crippen LogP contribution < -0.4 is 5.32 Å². The van der Waals surface area contributed by atoms with Crippen molar-refractivity contribution < 1.29 is 10.1 Å². The van der Waals surface area contributed by atoms with Gasteiger partial charge in [-0.15, -0.1) is 0 Å². The van der Waals surface area contributed by atoms with E-state index in [4.69, 9.17) is 0 Å². The zero-order valence-electron chi connectivity index (χ0n) is 13.8. The molecule has 1 aliphatic rings. The minimum atomic E-state index is -0.0167. The van der Waals surface area contributed by atoms with Gasteiger partial charge in [-0.1, -0.05) is 32.0 Å². The smallest absolute Gasteiger partial charge is 0.221 e. The summed E-state index contributed by atoms with van der Waals surface area (Å²) in [6.07, 6.45) is 5.72. The third-order valence-electron chi connectivity index (χ3n) is 5.57. The summed E-state index contributed by atoms with van der Waals surface area (Å²) in [6.45, 7) is 6.74. The number of benzene rings is 1. The van der Waals surface area contributed by atoms with Crippen molar-refractivity contribution >= 4 is 16.7 Å². The molecule has 22 heavy (non-hydrogen) atoms. The van der Waals surface area contributed by atoms with E-state index in [1.807, 2.05) is 30.5 Å². The molecule has 1 aromatic heterocycles. The summed E-state index contributed by atoms with van der Waals surface area (Å²) in [6, 6.07) is 8.59. The van der Waals surface area contributed by atoms with Crippen LogP contribution in [0.4, 0.5) is 0 Å². The first-order chi connectivity index (χ1) is 10.6. The van der Waals surface area contributed by atoms with E-state index in [1.54, 1.807) is 0 Å². The molecule has 1 heterocycles. The highest BCUT2D eigenvalue weighted by molar-refractivity contribution is 6.09. The van der Waals surface area contributed by atoms with E-state index in [2.05, 4.69) is 31.1 Å². The lowest BCUT2D eigenvalue weighted by Gasteiger charge is -2.33. The second kappa shape index (κ2) is 6.25. The number of rotatable bonds is 4. The lowest BCUT2D eigenvalue weighted by Crippen LogP contribution is -2.97. The zero-order chi connectivity index (χ0) is 15.7. The molecule has 3 heteroatoms. The van der Waals surface area contributed by atoms with Crippen molar-refractivity contribution in [1.29, 1.82) is 0 Å². The van der Waals surface area contributed by atoms with Gasteiger partial charge in [0.2, 0.25) is 5.78 Å². The van der Waals surface area contributed by atoms with Crippen molar-refractivity contribution in [2.75, 3.05) is 0 Å². The zero-order valence-corrected chi connectivity index (χ0v) is 13.8. The molecule has 1 saturated carbocycles. The average Bonchev–Trinajstić information content (AvgIpc) is 2.95. The van der Waals surface area contributed by atoms with Crippen molar-refractivity contribution in [2.45, 2.75) is 52.1 Å². The maximum atomic E-state index is 12.8. The fourth-order valence-corrected chi connectivity index (χ4v) is 3.87. The number of fused-ring (bicyclic) bond motifs is 1. The number of quaternary nitrogens is 1. The third-order valence-corrected chi connectivity index (χ3v) is 5.57. The quantitative estimate of drug-likeness (QED) is 0.837. The normalized spacial score (nSPS) is 27.0. The van der Waals surface area contributed by atoms with Gasteiger partial charge < -0.3 is 10.3 Å². The largest absolute Gasteiger partial charge is 0.360 e. The van der Waals surface area contributed by atoms with E-state index in [0.717, 1.165) is 22.4 Å². The minimum Gasteiger partial charge on any atom is -0.360 e. The molecule has 0 amide bonds. The molecule has 0 bridgehead atoms. The van der Waals surface area contributed by atoms with E-state index in [-0.39, 0.29) is 11.8 Å². The van der Waals surface area contributed by atoms with Crippen molar-refractivity contribution in [3.8, 4) is 0 Å². The van der Waals surface area contributed by atoms with E-state index < -0.39 is 0 Å². The summed E-state index contributed by atoms with van der Waals surface area (Å²) in [5.41, 5.74) is 1.87. The number of para-hydroxylation sites is 1. The Labute approximate surface area is 132 Å². The van der Waals surface area contributed by atoms with Crippen LogP contribution in [0.15, 0.2) is 30.5 Å². The molecule has 1 aliphatic carbocycles. The molecule has 3 rings (SSSR count). The molecule has 118 valence electrons. The van der Waals surface area contributed by atoms with Crippen molar-refractivity contribution in [1.82, 2.24) is 4.98 Å². The SMILES string of the molecule is C[C@@H]1[C@@H](C)CCC[C@H]1[NH2+][C@@H](C)C(=O)c1c[nH]c2ccccc12. The number of carbonyl (C=O) groups excluding carboxylic acids is 1. The number of Topliss-reactive ketones (excluding diaryl/α,β-unsaturated/α-hetero) is 1. The number of hydrogen-bond donors (Lipinski definition) is 2. The van der Waals surface area contributed by atoms with Crippen LogP contribution in [0, 0.1) is 11.8 Å². The van der Waals surface area contributed by atoms with E-state index in [0.29, 0.717) is 12.0 Å². The van der Waals surface area contributed by atoms with Crippen LogP contribution in [-0.2, 0) is 0 Å². The Morgan fingerprint density at radius 2 is 2.05 bits per heavy atom. The lowest BCUT2D eigenvalue weighted by atomic mass is 9.77. The van der Waals surface area contributed by atoms with Gasteiger partial charge in [-0.25, -0.2) is 0 Å². The Bertz CT molecular complexity index is 660. The van der Waals surface area contributed by atoms with Crippen molar-refractivity contribution in [3.63, 3.8) is 0 Å². The van der Waals surface area contributed by atoms with Gasteiger partial charge in [0.25, 0.3) is 0 Å². The topological polar surface area (TPSA) is 49.5 Å². The van der Waals surface area contributed by atoms with E-state index >= 15 is 0 Å². The number of ketones is 1. The number of nitrogens with two attached hydrogens (primary N) is 1. The fourth-order valence-electron chi connectivity index (χ4n) is 3.87. The standard InChI is InChI=1S/C19H26N2O/c1-12-7-6-10-17(13(12)2)21-14(3)19(22)16-11-20-18-9-5-4-8-15(16)18/h4-5,8-9,11-14,17,20-21H,6-7,10H2,1-3H3/p+1/t12-,13+,14-,17+/m0/s1. The van der Waals surface area contributed by atoms with Crippen LogP contribution in [0.5, 0.6) is 0 Å². The number of carbonyl (C=O) groups is 1. The van der Waals surface area contributed by atoms with Crippen LogP contribution in [0.25, 0.3) is 10.9 Å². The predicted octanol–water partition coefficient (Wildman–Crippen LogP) is 3.13. The van der Waals surface area contributed by atoms with Crippen LogP contribution in [0.2, 0.25) is 0 Å². The Balaban J connectivity index is 1.74. The molecule has 3 nitrogen and oxygen atoms in total. The minimum absolute atomic E-state index is 0.0167. The van der Waals surface area contributed by atoms with E-state index in [1.165, 1.54) is 19.3 Å². The summed E-state index contributed by atoms with van der Waals surface area (Å²) in [5.74, 6) is 1.69. The first-order valence-corrected chi connectivity index (χ1v) is 8.53. The summed E-state index contributed by atoms with van der Waals surface area (Å²) >= 11 is 0. The Kier molecular flexibility index (Phi) is 4.34. The number of hydrogen-bond acceptors (Lipinski definition) is 1. The fraction of sp³-hybridized carbons (Fsp3) is 0.526. The number of H-pyrrole nitrogens is 1. The highest BCUT2D eigenvalue weighted by atomic mass is 16.1. The van der Waals surface area contributed by atoms with Crippen molar-refractivity contribution in [3.05, 3.63) is 36.0 Å². The van der Waals surface area contributed by atoms with Crippen LogP contribution in [-0.4, -0.2) is 22.9 Å². The molecule has 3 N–H and O–H groups in total. The summed E-state index contributed by atoms with van der Waals surface area (Å²) in [7, 11) is 0. The van der Waals surface area contributed by atoms with Crippen LogP contribution >= 0.6 is 0 Å². The van der Waals surface area contributed by atoms with E-state index in [9.17, 15) is 4.79 Å². The second-order valence-corrected chi connectivity index (χ2v) is 7.02. The van der Waals surface area contributed by atoms with Gasteiger partial charge in [0.1, 0.15) is 6.04 Å². The van der Waals surface area contributed by atoms with Gasteiger partial charge in [0.05, 0.1) is 6.04 Å². The summed E-state index contributed by atoms with van der Waals surface area (Å²) in [4.78, 5) is 16.0. The summed E-state index contributed by atoms with van der Waals surface area (Å²) in [5, 5.41) is 3.35. The maximum absolute atomic E-state index is 12.8. The van der Waals surface area contributed by atoms with Gasteiger partial charge in [0, 0.05) is 28.6 Å². The number of aromatic nitrogens is 1. The first kappa shape index (κ1) is 15.3.